The summed E-state index contributed by atoms with van der Waals surface area (Å²) in [6, 6.07) is 4.73. The number of hydrogen-bond acceptors (Lipinski definition) is 4. The summed E-state index contributed by atoms with van der Waals surface area (Å²) in [7, 11) is 0. The lowest BCUT2D eigenvalue weighted by Crippen LogP contribution is -2.37. The molecule has 3 rings (SSSR count). The van der Waals surface area contributed by atoms with Gasteiger partial charge in [-0.1, -0.05) is 0 Å². The van der Waals surface area contributed by atoms with Crippen LogP contribution in [0.1, 0.15) is 29.6 Å². The summed E-state index contributed by atoms with van der Waals surface area (Å²) >= 11 is 0. The number of carbonyl (C=O) groups is 1. The van der Waals surface area contributed by atoms with Crippen LogP contribution in [-0.4, -0.2) is 58.1 Å². The van der Waals surface area contributed by atoms with E-state index in [1.807, 2.05) is 4.90 Å². The van der Waals surface area contributed by atoms with Crippen LogP contribution in [0.3, 0.4) is 0 Å². The summed E-state index contributed by atoms with van der Waals surface area (Å²) in [5.74, 6) is -0.508. The van der Waals surface area contributed by atoms with Crippen molar-refractivity contribution < 1.29 is 15.0 Å². The largest absolute Gasteiger partial charge is 0.504 e. The van der Waals surface area contributed by atoms with Gasteiger partial charge in [-0.2, -0.15) is 0 Å². The van der Waals surface area contributed by atoms with Crippen LogP contribution in [-0.2, 0) is 0 Å². The van der Waals surface area contributed by atoms with Gasteiger partial charge in [0.1, 0.15) is 0 Å². The Kier molecular flexibility index (Phi) is 3.53. The number of phenols is 2. The van der Waals surface area contributed by atoms with Gasteiger partial charge < -0.3 is 15.1 Å². The number of phenolic OH excluding ortho intramolecular Hbond substituents is 2. The van der Waals surface area contributed by atoms with Crippen molar-refractivity contribution in [3.05, 3.63) is 23.8 Å². The molecule has 0 saturated carbocycles. The van der Waals surface area contributed by atoms with Crippen molar-refractivity contribution in [1.82, 2.24) is 9.80 Å². The van der Waals surface area contributed by atoms with Gasteiger partial charge in [-0.3, -0.25) is 9.69 Å². The van der Waals surface area contributed by atoms with E-state index < -0.39 is 0 Å². The number of benzene rings is 1. The molecule has 0 aliphatic carbocycles. The Morgan fingerprint density at radius 3 is 2.55 bits per heavy atom. The standard InChI is InChI=1S/C15H20N2O3/c18-13-4-3-11(9-14(13)19)15(20)17-8-5-12(10-17)16-6-1-2-7-16/h3-4,9,12,18-19H,1-2,5-8,10H2. The van der Waals surface area contributed by atoms with Crippen LogP contribution in [0.4, 0.5) is 0 Å². The van der Waals surface area contributed by atoms with Crippen LogP contribution in [0.2, 0.25) is 0 Å². The van der Waals surface area contributed by atoms with Crippen molar-refractivity contribution in [2.75, 3.05) is 26.2 Å². The van der Waals surface area contributed by atoms with Crippen molar-refractivity contribution in [2.45, 2.75) is 25.3 Å². The lowest BCUT2D eigenvalue weighted by molar-refractivity contribution is 0.0779. The predicted molar refractivity (Wildman–Crippen MR) is 74.9 cm³/mol. The normalized spacial score (nSPS) is 23.4. The molecule has 2 fully saturated rings. The molecular formula is C15H20N2O3. The highest BCUT2D eigenvalue weighted by molar-refractivity contribution is 5.95. The first-order valence-electron chi connectivity index (χ1n) is 7.20. The Morgan fingerprint density at radius 2 is 1.85 bits per heavy atom. The van der Waals surface area contributed by atoms with E-state index in [9.17, 15) is 15.0 Å². The number of amides is 1. The predicted octanol–water partition coefficient (Wildman–Crippen LogP) is 1.41. The van der Waals surface area contributed by atoms with Gasteiger partial charge in [-0.25, -0.2) is 0 Å². The molecule has 2 N–H and O–H groups in total. The maximum absolute atomic E-state index is 12.4. The van der Waals surface area contributed by atoms with Crippen molar-refractivity contribution in [1.29, 1.82) is 0 Å². The number of hydrogen-bond donors (Lipinski definition) is 2. The van der Waals surface area contributed by atoms with Crippen LogP contribution in [0, 0.1) is 0 Å². The molecule has 1 aromatic carbocycles. The van der Waals surface area contributed by atoms with Crippen LogP contribution >= 0.6 is 0 Å². The molecule has 0 radical (unpaired) electrons. The molecular weight excluding hydrogens is 256 g/mol. The van der Waals surface area contributed by atoms with Crippen molar-refractivity contribution in [3.63, 3.8) is 0 Å². The summed E-state index contributed by atoms with van der Waals surface area (Å²) in [4.78, 5) is 16.7. The summed E-state index contributed by atoms with van der Waals surface area (Å²) in [5, 5.41) is 18.8. The minimum Gasteiger partial charge on any atom is -0.504 e. The first-order valence-corrected chi connectivity index (χ1v) is 7.20. The number of likely N-dealkylation sites (tertiary alicyclic amines) is 2. The zero-order valence-electron chi connectivity index (χ0n) is 11.5. The molecule has 1 atom stereocenters. The van der Waals surface area contributed by atoms with Crippen molar-refractivity contribution >= 4 is 5.91 Å². The first kappa shape index (κ1) is 13.2. The lowest BCUT2D eigenvalue weighted by atomic mass is 10.2. The summed E-state index contributed by atoms with van der Waals surface area (Å²) in [5.41, 5.74) is 0.433. The van der Waals surface area contributed by atoms with Gasteiger partial charge in [-0.15, -0.1) is 0 Å². The highest BCUT2D eigenvalue weighted by Gasteiger charge is 2.32. The van der Waals surface area contributed by atoms with Gasteiger partial charge >= 0.3 is 0 Å². The van der Waals surface area contributed by atoms with Gasteiger partial charge in [0.15, 0.2) is 11.5 Å². The van der Waals surface area contributed by atoms with Gasteiger partial charge in [0.25, 0.3) is 5.91 Å². The zero-order valence-corrected chi connectivity index (χ0v) is 11.5. The average Bonchev–Trinajstić information content (AvgIpc) is 3.11. The molecule has 2 saturated heterocycles. The third-order valence-electron chi connectivity index (χ3n) is 4.33. The second-order valence-corrected chi connectivity index (χ2v) is 5.64. The number of rotatable bonds is 2. The fraction of sp³-hybridized carbons (Fsp3) is 0.533. The Balaban J connectivity index is 1.67. The summed E-state index contributed by atoms with van der Waals surface area (Å²) in [6.07, 6.45) is 3.54. The molecule has 2 aliphatic heterocycles. The average molecular weight is 276 g/mol. The van der Waals surface area contributed by atoms with Crippen LogP contribution in [0.25, 0.3) is 0 Å². The Bertz CT molecular complexity index is 512. The number of aromatic hydroxyl groups is 2. The smallest absolute Gasteiger partial charge is 0.254 e. The third kappa shape index (κ3) is 2.45. The zero-order chi connectivity index (χ0) is 14.1. The molecule has 20 heavy (non-hydrogen) atoms. The van der Waals surface area contributed by atoms with Gasteiger partial charge in [-0.05, 0) is 50.6 Å². The summed E-state index contributed by atoms with van der Waals surface area (Å²) < 4.78 is 0. The quantitative estimate of drug-likeness (QED) is 0.802. The molecule has 0 aromatic heterocycles. The van der Waals surface area contributed by atoms with E-state index in [2.05, 4.69) is 4.90 Å². The minimum atomic E-state index is -0.244. The van der Waals surface area contributed by atoms with E-state index in [1.54, 1.807) is 6.07 Å². The highest BCUT2D eigenvalue weighted by Crippen LogP contribution is 2.27. The molecule has 1 unspecified atom stereocenters. The number of carbonyl (C=O) groups excluding carboxylic acids is 1. The lowest BCUT2D eigenvalue weighted by Gasteiger charge is -2.23. The van der Waals surface area contributed by atoms with Crippen molar-refractivity contribution in [3.8, 4) is 11.5 Å². The number of nitrogens with zero attached hydrogens (tertiary/aromatic N) is 2. The fourth-order valence-corrected chi connectivity index (χ4v) is 3.17. The molecule has 1 amide bonds. The molecule has 108 valence electrons. The van der Waals surface area contributed by atoms with Crippen molar-refractivity contribution in [2.24, 2.45) is 0 Å². The van der Waals surface area contributed by atoms with E-state index in [0.29, 0.717) is 11.6 Å². The van der Waals surface area contributed by atoms with Gasteiger partial charge in [0.05, 0.1) is 0 Å². The Labute approximate surface area is 118 Å². The van der Waals surface area contributed by atoms with E-state index in [-0.39, 0.29) is 17.4 Å². The first-order chi connectivity index (χ1) is 9.65. The Hall–Kier alpha value is -1.75. The molecule has 2 aliphatic rings. The molecule has 2 heterocycles. The SMILES string of the molecule is O=C(c1ccc(O)c(O)c1)N1CCC(N2CCCC2)C1. The second kappa shape index (κ2) is 5.32. The van der Waals surface area contributed by atoms with Crippen LogP contribution < -0.4 is 0 Å². The van der Waals surface area contributed by atoms with Gasteiger partial charge in [0.2, 0.25) is 0 Å². The third-order valence-corrected chi connectivity index (χ3v) is 4.33. The van der Waals surface area contributed by atoms with E-state index in [4.69, 9.17) is 0 Å². The van der Waals surface area contributed by atoms with Gasteiger partial charge in [0, 0.05) is 24.7 Å². The summed E-state index contributed by atoms with van der Waals surface area (Å²) in [6.45, 7) is 3.82. The molecule has 0 spiro atoms. The maximum atomic E-state index is 12.4. The fourth-order valence-electron chi connectivity index (χ4n) is 3.17. The second-order valence-electron chi connectivity index (χ2n) is 5.64. The van der Waals surface area contributed by atoms with E-state index in [0.717, 1.165) is 32.6 Å². The topological polar surface area (TPSA) is 64.0 Å². The molecule has 5 heteroatoms. The highest BCUT2D eigenvalue weighted by atomic mass is 16.3. The molecule has 1 aromatic rings. The molecule has 5 nitrogen and oxygen atoms in total. The van der Waals surface area contributed by atoms with E-state index in [1.165, 1.54) is 25.0 Å². The van der Waals surface area contributed by atoms with E-state index >= 15 is 0 Å². The Morgan fingerprint density at radius 1 is 1.10 bits per heavy atom. The van der Waals surface area contributed by atoms with Crippen LogP contribution in [0.5, 0.6) is 11.5 Å². The van der Waals surface area contributed by atoms with Crippen LogP contribution in [0.15, 0.2) is 18.2 Å². The molecule has 0 bridgehead atoms. The minimum absolute atomic E-state index is 0.0676. The maximum Gasteiger partial charge on any atom is 0.254 e. The monoisotopic (exact) mass is 276 g/mol.